The van der Waals surface area contributed by atoms with Crippen molar-refractivity contribution >= 4 is 21.7 Å². The standard InChI is InChI=1S/C8H8BrF3N2O/c9-5-1-6(10)7(13-2-5)14-3-8(11,12)4-15/h1-2,15H,3-4H2,(H,13,14). The van der Waals surface area contributed by atoms with E-state index in [4.69, 9.17) is 5.11 Å². The van der Waals surface area contributed by atoms with E-state index in [-0.39, 0.29) is 5.82 Å². The maximum absolute atomic E-state index is 13.1. The number of hydrogen-bond acceptors (Lipinski definition) is 3. The molecule has 0 aliphatic heterocycles. The number of nitrogens with zero attached hydrogens (tertiary/aromatic N) is 1. The number of aliphatic hydroxyl groups is 1. The summed E-state index contributed by atoms with van der Waals surface area (Å²) < 4.78 is 38.6. The normalized spacial score (nSPS) is 11.5. The summed E-state index contributed by atoms with van der Waals surface area (Å²) in [6.07, 6.45) is 1.28. The minimum Gasteiger partial charge on any atom is -0.390 e. The second kappa shape index (κ2) is 4.80. The van der Waals surface area contributed by atoms with E-state index in [2.05, 4.69) is 26.2 Å². The number of hydrogen-bond donors (Lipinski definition) is 2. The molecule has 0 unspecified atom stereocenters. The number of nitrogens with one attached hydrogen (secondary N) is 1. The molecule has 0 saturated heterocycles. The molecule has 15 heavy (non-hydrogen) atoms. The van der Waals surface area contributed by atoms with Crippen LogP contribution in [0.15, 0.2) is 16.7 Å². The Morgan fingerprint density at radius 3 is 2.73 bits per heavy atom. The molecule has 0 aliphatic carbocycles. The summed E-state index contributed by atoms with van der Waals surface area (Å²) in [4.78, 5) is 3.57. The predicted molar refractivity (Wildman–Crippen MR) is 52.4 cm³/mol. The molecule has 1 heterocycles. The van der Waals surface area contributed by atoms with Gasteiger partial charge in [-0.3, -0.25) is 0 Å². The van der Waals surface area contributed by atoms with Crippen LogP contribution in [-0.4, -0.2) is 29.2 Å². The Morgan fingerprint density at radius 2 is 2.20 bits per heavy atom. The summed E-state index contributed by atoms with van der Waals surface area (Å²) in [7, 11) is 0. The maximum Gasteiger partial charge on any atom is 0.287 e. The van der Waals surface area contributed by atoms with Gasteiger partial charge in [0.05, 0.1) is 6.54 Å². The molecule has 0 amide bonds. The van der Waals surface area contributed by atoms with Crippen LogP contribution in [0, 0.1) is 5.82 Å². The van der Waals surface area contributed by atoms with E-state index in [1.54, 1.807) is 0 Å². The van der Waals surface area contributed by atoms with Gasteiger partial charge in [0.1, 0.15) is 6.61 Å². The quantitative estimate of drug-likeness (QED) is 0.889. The molecule has 1 aromatic rings. The summed E-state index contributed by atoms with van der Waals surface area (Å²) in [6, 6.07) is 1.10. The van der Waals surface area contributed by atoms with Crippen molar-refractivity contribution in [3.8, 4) is 0 Å². The first-order valence-electron chi connectivity index (χ1n) is 3.98. The van der Waals surface area contributed by atoms with Gasteiger partial charge in [-0.25, -0.2) is 18.2 Å². The second-order valence-corrected chi connectivity index (χ2v) is 3.77. The molecule has 0 aliphatic rings. The highest BCUT2D eigenvalue weighted by Gasteiger charge is 2.27. The van der Waals surface area contributed by atoms with Crippen LogP contribution in [0.2, 0.25) is 0 Å². The van der Waals surface area contributed by atoms with Gasteiger partial charge in [-0.1, -0.05) is 0 Å². The Bertz CT molecular complexity index is 349. The molecule has 0 fully saturated rings. The van der Waals surface area contributed by atoms with E-state index in [9.17, 15) is 13.2 Å². The summed E-state index contributed by atoms with van der Waals surface area (Å²) in [5, 5.41) is 10.4. The Morgan fingerprint density at radius 1 is 1.53 bits per heavy atom. The van der Waals surface area contributed by atoms with Gasteiger partial charge in [0, 0.05) is 10.7 Å². The lowest BCUT2D eigenvalue weighted by molar-refractivity contribution is -0.0373. The van der Waals surface area contributed by atoms with Crippen molar-refractivity contribution in [2.45, 2.75) is 5.92 Å². The lowest BCUT2D eigenvalue weighted by Gasteiger charge is -2.14. The van der Waals surface area contributed by atoms with E-state index >= 15 is 0 Å². The number of aromatic nitrogens is 1. The van der Waals surface area contributed by atoms with Gasteiger partial charge in [0.25, 0.3) is 5.92 Å². The topological polar surface area (TPSA) is 45.1 Å². The first kappa shape index (κ1) is 12.3. The third kappa shape index (κ3) is 3.67. The van der Waals surface area contributed by atoms with Crippen LogP contribution in [-0.2, 0) is 0 Å². The van der Waals surface area contributed by atoms with Crippen LogP contribution < -0.4 is 5.32 Å². The minimum absolute atomic E-state index is 0.272. The Balaban J connectivity index is 2.66. The molecular weight excluding hydrogens is 277 g/mol. The number of alkyl halides is 2. The third-order valence-corrected chi connectivity index (χ3v) is 1.99. The second-order valence-electron chi connectivity index (χ2n) is 2.85. The zero-order chi connectivity index (χ0) is 11.5. The van der Waals surface area contributed by atoms with Crippen LogP contribution in [0.4, 0.5) is 19.0 Å². The number of rotatable bonds is 4. The van der Waals surface area contributed by atoms with Crippen molar-refractivity contribution in [1.29, 1.82) is 0 Å². The average molecular weight is 285 g/mol. The van der Waals surface area contributed by atoms with Crippen molar-refractivity contribution in [3.05, 3.63) is 22.6 Å². The summed E-state index contributed by atoms with van der Waals surface area (Å²) in [6.45, 7) is -2.16. The van der Waals surface area contributed by atoms with Crippen molar-refractivity contribution in [1.82, 2.24) is 4.98 Å². The van der Waals surface area contributed by atoms with E-state index < -0.39 is 24.9 Å². The Hall–Kier alpha value is -0.820. The Kier molecular flexibility index (Phi) is 3.92. The molecule has 0 aromatic carbocycles. The lowest BCUT2D eigenvalue weighted by Crippen LogP contribution is -2.31. The third-order valence-electron chi connectivity index (χ3n) is 1.55. The molecule has 0 spiro atoms. The van der Waals surface area contributed by atoms with E-state index in [1.807, 2.05) is 0 Å². The van der Waals surface area contributed by atoms with Crippen molar-refractivity contribution in [2.24, 2.45) is 0 Å². The highest BCUT2D eigenvalue weighted by Crippen LogP contribution is 2.18. The molecule has 1 aromatic heterocycles. The zero-order valence-electron chi connectivity index (χ0n) is 7.48. The van der Waals surface area contributed by atoms with Crippen molar-refractivity contribution < 1.29 is 18.3 Å². The number of halogens is 4. The molecule has 0 bridgehead atoms. The fourth-order valence-corrected chi connectivity index (χ4v) is 1.12. The van der Waals surface area contributed by atoms with Crippen LogP contribution in [0.3, 0.4) is 0 Å². The molecule has 2 N–H and O–H groups in total. The van der Waals surface area contributed by atoms with E-state index in [0.29, 0.717) is 4.47 Å². The molecule has 0 radical (unpaired) electrons. The first-order valence-corrected chi connectivity index (χ1v) is 4.77. The molecule has 1 rings (SSSR count). The molecule has 0 saturated carbocycles. The molecule has 7 heteroatoms. The summed E-state index contributed by atoms with van der Waals surface area (Å²) in [5.41, 5.74) is 0. The highest BCUT2D eigenvalue weighted by atomic mass is 79.9. The van der Waals surface area contributed by atoms with E-state index in [1.165, 1.54) is 6.20 Å². The number of anilines is 1. The average Bonchev–Trinajstić information content (AvgIpc) is 2.16. The van der Waals surface area contributed by atoms with Crippen LogP contribution in [0.1, 0.15) is 0 Å². The Labute approximate surface area is 92.5 Å². The maximum atomic E-state index is 13.1. The number of pyridine rings is 1. The molecule has 84 valence electrons. The smallest absolute Gasteiger partial charge is 0.287 e. The fraction of sp³-hybridized carbons (Fsp3) is 0.375. The molecule has 0 atom stereocenters. The van der Waals surface area contributed by atoms with Gasteiger partial charge in [0.15, 0.2) is 11.6 Å². The fourth-order valence-electron chi connectivity index (χ4n) is 0.814. The molecule has 3 nitrogen and oxygen atoms in total. The van der Waals surface area contributed by atoms with Crippen molar-refractivity contribution in [2.75, 3.05) is 18.5 Å². The highest BCUT2D eigenvalue weighted by molar-refractivity contribution is 9.10. The minimum atomic E-state index is -3.29. The van der Waals surface area contributed by atoms with Gasteiger partial charge < -0.3 is 10.4 Å². The monoisotopic (exact) mass is 284 g/mol. The number of aliphatic hydroxyl groups excluding tert-OH is 1. The van der Waals surface area contributed by atoms with E-state index in [0.717, 1.165) is 6.07 Å². The van der Waals surface area contributed by atoms with Crippen LogP contribution in [0.25, 0.3) is 0 Å². The van der Waals surface area contributed by atoms with Gasteiger partial charge in [-0.15, -0.1) is 0 Å². The largest absolute Gasteiger partial charge is 0.390 e. The van der Waals surface area contributed by atoms with Crippen molar-refractivity contribution in [3.63, 3.8) is 0 Å². The van der Waals surface area contributed by atoms with Gasteiger partial charge in [0.2, 0.25) is 0 Å². The van der Waals surface area contributed by atoms with Crippen LogP contribution in [0.5, 0.6) is 0 Å². The summed E-state index contributed by atoms with van der Waals surface area (Å²) >= 11 is 2.98. The SMILES string of the molecule is OCC(F)(F)CNc1ncc(Br)cc1F. The zero-order valence-corrected chi connectivity index (χ0v) is 9.06. The molecular formula is C8H8BrF3N2O. The van der Waals surface area contributed by atoms with Gasteiger partial charge >= 0.3 is 0 Å². The predicted octanol–water partition coefficient (Wildman–Crippen LogP) is 2.02. The summed E-state index contributed by atoms with van der Waals surface area (Å²) in [5.74, 6) is -4.30. The first-order chi connectivity index (χ1) is 6.94. The van der Waals surface area contributed by atoms with Gasteiger partial charge in [-0.05, 0) is 22.0 Å². The lowest BCUT2D eigenvalue weighted by atomic mass is 10.3. The van der Waals surface area contributed by atoms with Gasteiger partial charge in [-0.2, -0.15) is 0 Å². The van der Waals surface area contributed by atoms with Crippen LogP contribution >= 0.6 is 15.9 Å².